The number of para-hydroxylation sites is 1. The lowest BCUT2D eigenvalue weighted by molar-refractivity contribution is 0.423. The lowest BCUT2D eigenvalue weighted by atomic mass is 10.0. The van der Waals surface area contributed by atoms with Crippen LogP contribution in [0.25, 0.3) is 5.69 Å². The highest BCUT2D eigenvalue weighted by Gasteiger charge is 2.18. The molecular weight excluding hydrogens is 268 g/mol. The zero-order valence-electron chi connectivity index (χ0n) is 12.6. The first kappa shape index (κ1) is 15.1. The van der Waals surface area contributed by atoms with Crippen LogP contribution in [0.2, 0.25) is 0 Å². The van der Waals surface area contributed by atoms with Crippen LogP contribution in [0.1, 0.15) is 37.5 Å². The lowest BCUT2D eigenvalue weighted by Crippen LogP contribution is -2.32. The summed E-state index contributed by atoms with van der Waals surface area (Å²) in [5, 5.41) is 10.4. The minimum Gasteiger partial charge on any atom is -0.494 e. The molecule has 5 nitrogen and oxygen atoms in total. The average Bonchev–Trinajstić information content (AvgIpc) is 2.47. The van der Waals surface area contributed by atoms with Crippen LogP contribution in [0.5, 0.6) is 5.88 Å². The maximum atomic E-state index is 12.2. The van der Waals surface area contributed by atoms with Gasteiger partial charge in [0.2, 0.25) is 5.88 Å². The van der Waals surface area contributed by atoms with Crippen molar-refractivity contribution in [3.05, 3.63) is 55.7 Å². The summed E-state index contributed by atoms with van der Waals surface area (Å²) >= 11 is 0. The molecule has 0 aliphatic heterocycles. The highest BCUT2D eigenvalue weighted by atomic mass is 16.3. The maximum absolute atomic E-state index is 12.2. The van der Waals surface area contributed by atoms with Gasteiger partial charge in [0.1, 0.15) is 0 Å². The quantitative estimate of drug-likeness (QED) is 0.902. The summed E-state index contributed by atoms with van der Waals surface area (Å²) in [6, 6.07) is 5.80. The zero-order chi connectivity index (χ0) is 15.6. The van der Waals surface area contributed by atoms with E-state index in [0.29, 0.717) is 12.1 Å². The summed E-state index contributed by atoms with van der Waals surface area (Å²) in [5.41, 5.74) is 1.69. The average molecular weight is 288 g/mol. The van der Waals surface area contributed by atoms with E-state index in [1.807, 2.05) is 32.0 Å². The van der Waals surface area contributed by atoms with Crippen LogP contribution < -0.4 is 11.2 Å². The fraction of sp³-hybridized carbons (Fsp3) is 0.375. The van der Waals surface area contributed by atoms with Crippen molar-refractivity contribution in [1.29, 1.82) is 0 Å². The van der Waals surface area contributed by atoms with Crippen LogP contribution in [-0.4, -0.2) is 14.7 Å². The van der Waals surface area contributed by atoms with E-state index in [0.717, 1.165) is 24.0 Å². The predicted octanol–water partition coefficient (Wildman–Crippen LogP) is 1.92. The number of aryl methyl sites for hydroxylation is 2. The molecule has 112 valence electrons. The summed E-state index contributed by atoms with van der Waals surface area (Å²) < 4.78 is 1.22. The second-order valence-electron chi connectivity index (χ2n) is 4.88. The molecule has 2 rings (SSSR count). The zero-order valence-corrected chi connectivity index (χ0v) is 12.6. The number of hydrogen-bond acceptors (Lipinski definition) is 3. The molecule has 2 aromatic rings. The van der Waals surface area contributed by atoms with Crippen LogP contribution in [-0.2, 0) is 19.3 Å². The fourth-order valence-electron chi connectivity index (χ4n) is 2.59. The number of aromatic amines is 1. The Hall–Kier alpha value is -2.30. The van der Waals surface area contributed by atoms with Gasteiger partial charge in [0.25, 0.3) is 5.56 Å². The number of H-pyrrole nitrogens is 1. The summed E-state index contributed by atoms with van der Waals surface area (Å²) in [7, 11) is 0. The molecule has 0 amide bonds. The third-order valence-corrected chi connectivity index (χ3v) is 3.72. The molecule has 0 radical (unpaired) electrons. The number of hydrogen-bond donors (Lipinski definition) is 2. The predicted molar refractivity (Wildman–Crippen MR) is 82.5 cm³/mol. The van der Waals surface area contributed by atoms with Crippen LogP contribution >= 0.6 is 0 Å². The van der Waals surface area contributed by atoms with Crippen LogP contribution in [0.15, 0.2) is 27.8 Å². The molecule has 1 aromatic carbocycles. The summed E-state index contributed by atoms with van der Waals surface area (Å²) in [6.07, 6.45) is 1.82. The summed E-state index contributed by atoms with van der Waals surface area (Å²) in [6.45, 7) is 5.76. The normalized spacial score (nSPS) is 10.8. The molecule has 0 saturated carbocycles. The Bertz CT molecular complexity index is 750. The van der Waals surface area contributed by atoms with Crippen molar-refractivity contribution in [1.82, 2.24) is 9.55 Å². The van der Waals surface area contributed by atoms with Gasteiger partial charge in [0.15, 0.2) is 0 Å². The summed E-state index contributed by atoms with van der Waals surface area (Å²) in [5.74, 6) is -0.262. The highest BCUT2D eigenvalue weighted by molar-refractivity contribution is 5.51. The van der Waals surface area contributed by atoms with E-state index in [1.165, 1.54) is 4.57 Å². The minimum atomic E-state index is -0.606. The first-order valence-corrected chi connectivity index (χ1v) is 7.23. The van der Waals surface area contributed by atoms with Gasteiger partial charge in [-0.3, -0.25) is 9.78 Å². The van der Waals surface area contributed by atoms with Gasteiger partial charge < -0.3 is 5.11 Å². The Labute approximate surface area is 122 Å². The number of aromatic hydroxyl groups is 1. The molecule has 0 fully saturated rings. The molecular formula is C16H20N2O3. The van der Waals surface area contributed by atoms with Crippen molar-refractivity contribution < 1.29 is 5.11 Å². The smallest absolute Gasteiger partial charge is 0.335 e. The number of rotatable bonds is 4. The Morgan fingerprint density at radius 1 is 1.05 bits per heavy atom. The van der Waals surface area contributed by atoms with E-state index in [1.54, 1.807) is 6.92 Å². The molecule has 21 heavy (non-hydrogen) atoms. The second kappa shape index (κ2) is 5.99. The van der Waals surface area contributed by atoms with Crippen molar-refractivity contribution in [2.24, 2.45) is 0 Å². The van der Waals surface area contributed by atoms with Crippen molar-refractivity contribution in [3.8, 4) is 11.6 Å². The van der Waals surface area contributed by atoms with Gasteiger partial charge in [-0.05, 0) is 30.4 Å². The number of benzene rings is 1. The molecule has 0 unspecified atom stereocenters. The third kappa shape index (κ3) is 2.51. The molecule has 2 N–H and O–H groups in total. The van der Waals surface area contributed by atoms with Gasteiger partial charge in [0.05, 0.1) is 11.3 Å². The van der Waals surface area contributed by atoms with Crippen molar-refractivity contribution in [2.45, 2.75) is 40.0 Å². The van der Waals surface area contributed by atoms with Gasteiger partial charge in [-0.1, -0.05) is 39.0 Å². The monoisotopic (exact) mass is 288 g/mol. The molecule has 0 saturated heterocycles. The Morgan fingerprint density at radius 3 is 2.10 bits per heavy atom. The van der Waals surface area contributed by atoms with E-state index in [2.05, 4.69) is 4.98 Å². The second-order valence-corrected chi connectivity index (χ2v) is 4.88. The number of aromatic nitrogens is 2. The first-order chi connectivity index (χ1) is 10.0. The van der Waals surface area contributed by atoms with Crippen LogP contribution in [0, 0.1) is 0 Å². The molecule has 5 heteroatoms. The molecule has 0 aliphatic rings. The van der Waals surface area contributed by atoms with Crippen LogP contribution in [0.3, 0.4) is 0 Å². The molecule has 0 bridgehead atoms. The van der Waals surface area contributed by atoms with E-state index in [9.17, 15) is 14.7 Å². The van der Waals surface area contributed by atoms with Gasteiger partial charge in [-0.15, -0.1) is 0 Å². The van der Waals surface area contributed by atoms with E-state index in [4.69, 9.17) is 0 Å². The standard InChI is InChI=1S/C16H20N2O3/c1-4-10-8-7-9-11(5-2)13(10)18-15(20)12(6-3)14(19)17-16(18)21/h7-9,20H,4-6H2,1-3H3,(H,17,19,21). The molecule has 0 aliphatic carbocycles. The van der Waals surface area contributed by atoms with Gasteiger partial charge in [-0.25, -0.2) is 9.36 Å². The molecule has 1 aromatic heterocycles. The van der Waals surface area contributed by atoms with E-state index >= 15 is 0 Å². The first-order valence-electron chi connectivity index (χ1n) is 7.23. The van der Waals surface area contributed by atoms with Gasteiger partial charge in [-0.2, -0.15) is 0 Å². The van der Waals surface area contributed by atoms with E-state index in [-0.39, 0.29) is 11.4 Å². The number of nitrogens with zero attached hydrogens (tertiary/aromatic N) is 1. The number of nitrogens with one attached hydrogen (secondary N) is 1. The van der Waals surface area contributed by atoms with E-state index < -0.39 is 11.2 Å². The summed E-state index contributed by atoms with van der Waals surface area (Å²) in [4.78, 5) is 26.3. The van der Waals surface area contributed by atoms with Crippen molar-refractivity contribution in [2.75, 3.05) is 0 Å². The largest absolute Gasteiger partial charge is 0.494 e. The highest BCUT2D eigenvalue weighted by Crippen LogP contribution is 2.24. The Balaban J connectivity index is 2.92. The molecule has 0 atom stereocenters. The van der Waals surface area contributed by atoms with Gasteiger partial charge in [0, 0.05) is 0 Å². The van der Waals surface area contributed by atoms with Crippen LogP contribution in [0.4, 0.5) is 0 Å². The third-order valence-electron chi connectivity index (χ3n) is 3.72. The Morgan fingerprint density at radius 2 is 1.62 bits per heavy atom. The van der Waals surface area contributed by atoms with Crippen molar-refractivity contribution in [3.63, 3.8) is 0 Å². The topological polar surface area (TPSA) is 75.1 Å². The van der Waals surface area contributed by atoms with Gasteiger partial charge >= 0.3 is 5.69 Å². The fourth-order valence-corrected chi connectivity index (χ4v) is 2.59. The SMILES string of the molecule is CCc1cccc(CC)c1-n1c(O)c(CC)c(=O)[nH]c1=O. The lowest BCUT2D eigenvalue weighted by Gasteiger charge is -2.17. The molecule has 0 spiro atoms. The minimum absolute atomic E-state index is 0.225. The maximum Gasteiger partial charge on any atom is 0.335 e. The van der Waals surface area contributed by atoms with Crippen molar-refractivity contribution >= 4 is 0 Å². The Kier molecular flexibility index (Phi) is 4.31. The molecule has 1 heterocycles.